The average molecular weight is 554 g/mol. The van der Waals surface area contributed by atoms with Gasteiger partial charge < -0.3 is 14.5 Å². The largest absolute Gasteiger partial charge is 0.487 e. The molecule has 2 saturated carbocycles. The van der Waals surface area contributed by atoms with Gasteiger partial charge in [0.1, 0.15) is 18.1 Å². The monoisotopic (exact) mass is 553 g/mol. The third kappa shape index (κ3) is 5.17. The summed E-state index contributed by atoms with van der Waals surface area (Å²) in [5.74, 6) is 2.31. The van der Waals surface area contributed by atoms with Crippen molar-refractivity contribution in [1.29, 1.82) is 0 Å². The first-order valence-corrected chi connectivity index (χ1v) is 15.1. The van der Waals surface area contributed by atoms with E-state index in [2.05, 4.69) is 24.2 Å². The van der Waals surface area contributed by atoms with Gasteiger partial charge in [-0.1, -0.05) is 43.5 Å². The van der Waals surface area contributed by atoms with Crippen molar-refractivity contribution in [2.75, 3.05) is 19.6 Å². The molecule has 0 N–H and O–H groups in total. The van der Waals surface area contributed by atoms with Crippen molar-refractivity contribution < 1.29 is 14.3 Å². The number of halogens is 1. The minimum absolute atomic E-state index is 0.0280. The highest BCUT2D eigenvalue weighted by atomic mass is 35.5. The summed E-state index contributed by atoms with van der Waals surface area (Å²) >= 11 is 6.78. The van der Waals surface area contributed by atoms with E-state index in [1.54, 1.807) is 0 Å². The van der Waals surface area contributed by atoms with Crippen LogP contribution in [0.3, 0.4) is 0 Å². The molecule has 3 heterocycles. The standard InChI is InChI=1S/C30H40ClN5O3/c1-18-14-27(37)35(15-18)16-25-28-22(12-13-36(25)30(38)21-7-5-4-6-19(21)2)23(31)10-11-26(28)39-17-24-29(20-8-9-20)34(3)33-32-24/h10-11,18-21,25H,4-9,12-17H2,1-3H3/t18-,19+,21-,25-/m1/s1. The summed E-state index contributed by atoms with van der Waals surface area (Å²) in [5.41, 5.74) is 3.99. The van der Waals surface area contributed by atoms with Gasteiger partial charge in [-0.15, -0.1) is 5.10 Å². The summed E-state index contributed by atoms with van der Waals surface area (Å²) in [5, 5.41) is 9.35. The molecule has 2 amide bonds. The Balaban J connectivity index is 1.35. The van der Waals surface area contributed by atoms with E-state index in [4.69, 9.17) is 16.3 Å². The number of carbonyl (C=O) groups is 2. The second-order valence-corrected chi connectivity index (χ2v) is 12.7. The summed E-state index contributed by atoms with van der Waals surface area (Å²) in [6.45, 7) is 6.43. The van der Waals surface area contributed by atoms with Crippen LogP contribution in [0.4, 0.5) is 0 Å². The molecule has 0 unspecified atom stereocenters. The molecule has 9 heteroatoms. The molecule has 39 heavy (non-hydrogen) atoms. The summed E-state index contributed by atoms with van der Waals surface area (Å²) in [6.07, 6.45) is 7.87. The molecule has 0 radical (unpaired) electrons. The Morgan fingerprint density at radius 3 is 2.67 bits per heavy atom. The Bertz CT molecular complexity index is 1260. The fraction of sp³-hybridized carbons (Fsp3) is 0.667. The number of amides is 2. The molecule has 210 valence electrons. The Morgan fingerprint density at radius 2 is 1.95 bits per heavy atom. The zero-order valence-electron chi connectivity index (χ0n) is 23.4. The molecule has 1 aromatic heterocycles. The number of fused-ring (bicyclic) bond motifs is 1. The van der Waals surface area contributed by atoms with E-state index in [0.29, 0.717) is 61.9 Å². The lowest BCUT2D eigenvalue weighted by atomic mass is 9.78. The van der Waals surface area contributed by atoms with Crippen molar-refractivity contribution >= 4 is 23.4 Å². The van der Waals surface area contributed by atoms with Gasteiger partial charge in [0.15, 0.2) is 0 Å². The SMILES string of the molecule is C[C@@H]1CC(=O)N(C[C@@H]2c3c(OCc4nnn(C)c4C4CC4)ccc(Cl)c3CCN2C(=O)[C@@H]2CCCC[C@@H]2C)C1. The number of hydrogen-bond donors (Lipinski definition) is 0. The molecule has 4 aliphatic rings. The Kier molecular flexibility index (Phi) is 7.34. The molecule has 3 fully saturated rings. The maximum Gasteiger partial charge on any atom is 0.226 e. The van der Waals surface area contributed by atoms with Gasteiger partial charge in [0.05, 0.1) is 11.7 Å². The van der Waals surface area contributed by atoms with Gasteiger partial charge in [0.25, 0.3) is 0 Å². The number of carbonyl (C=O) groups excluding carboxylic acids is 2. The smallest absolute Gasteiger partial charge is 0.226 e. The predicted molar refractivity (Wildman–Crippen MR) is 148 cm³/mol. The Morgan fingerprint density at radius 1 is 1.15 bits per heavy atom. The van der Waals surface area contributed by atoms with E-state index in [1.165, 1.54) is 6.42 Å². The minimum Gasteiger partial charge on any atom is -0.487 e. The van der Waals surface area contributed by atoms with Crippen LogP contribution in [0.2, 0.25) is 5.02 Å². The summed E-state index contributed by atoms with van der Waals surface area (Å²) in [4.78, 5) is 31.0. The van der Waals surface area contributed by atoms with Crippen molar-refractivity contribution in [2.24, 2.45) is 24.8 Å². The quantitative estimate of drug-likeness (QED) is 0.479. The van der Waals surface area contributed by atoms with Gasteiger partial charge in [-0.25, -0.2) is 0 Å². The third-order valence-corrected chi connectivity index (χ3v) is 9.71. The second kappa shape index (κ2) is 10.8. The Labute approximate surface area is 236 Å². The molecule has 2 aliphatic heterocycles. The number of benzene rings is 1. The predicted octanol–water partition coefficient (Wildman–Crippen LogP) is 5.05. The molecule has 4 atom stereocenters. The van der Waals surface area contributed by atoms with E-state index in [1.807, 2.05) is 33.7 Å². The van der Waals surface area contributed by atoms with Gasteiger partial charge in [-0.05, 0) is 61.6 Å². The number of likely N-dealkylation sites (tertiary alicyclic amines) is 1. The van der Waals surface area contributed by atoms with Crippen LogP contribution in [-0.4, -0.2) is 56.2 Å². The molecule has 6 rings (SSSR count). The lowest BCUT2D eigenvalue weighted by Crippen LogP contribution is -2.49. The highest BCUT2D eigenvalue weighted by Gasteiger charge is 2.41. The van der Waals surface area contributed by atoms with Crippen molar-refractivity contribution in [3.05, 3.63) is 39.7 Å². The summed E-state index contributed by atoms with van der Waals surface area (Å²) in [6, 6.07) is 3.53. The van der Waals surface area contributed by atoms with Crippen molar-refractivity contribution in [1.82, 2.24) is 24.8 Å². The van der Waals surface area contributed by atoms with Crippen LogP contribution < -0.4 is 4.74 Å². The summed E-state index contributed by atoms with van der Waals surface area (Å²) in [7, 11) is 1.94. The van der Waals surface area contributed by atoms with Gasteiger partial charge in [0.2, 0.25) is 11.8 Å². The van der Waals surface area contributed by atoms with Crippen LogP contribution in [0.25, 0.3) is 0 Å². The van der Waals surface area contributed by atoms with Gasteiger partial charge >= 0.3 is 0 Å². The number of rotatable bonds is 7. The van der Waals surface area contributed by atoms with Crippen LogP contribution in [0.1, 0.15) is 93.3 Å². The number of ether oxygens (including phenoxy) is 1. The van der Waals surface area contributed by atoms with Gasteiger partial charge in [0, 0.05) is 55.5 Å². The van der Waals surface area contributed by atoms with Crippen molar-refractivity contribution in [3.8, 4) is 5.75 Å². The number of hydrogen-bond acceptors (Lipinski definition) is 5. The first kappa shape index (κ1) is 26.6. The number of aromatic nitrogens is 3. The zero-order chi connectivity index (χ0) is 27.3. The summed E-state index contributed by atoms with van der Waals surface area (Å²) < 4.78 is 8.36. The highest BCUT2D eigenvalue weighted by molar-refractivity contribution is 6.31. The number of aryl methyl sites for hydroxylation is 1. The molecule has 0 spiro atoms. The van der Waals surface area contributed by atoms with E-state index in [0.717, 1.165) is 60.4 Å². The van der Waals surface area contributed by atoms with Crippen molar-refractivity contribution in [3.63, 3.8) is 0 Å². The van der Waals surface area contributed by atoms with E-state index in [9.17, 15) is 9.59 Å². The van der Waals surface area contributed by atoms with E-state index < -0.39 is 0 Å². The highest BCUT2D eigenvalue weighted by Crippen LogP contribution is 2.44. The normalized spacial score (nSPS) is 27.1. The average Bonchev–Trinajstić information content (AvgIpc) is 3.61. The first-order valence-electron chi connectivity index (χ1n) is 14.7. The second-order valence-electron chi connectivity index (χ2n) is 12.3. The van der Waals surface area contributed by atoms with Crippen molar-refractivity contribution in [2.45, 2.75) is 83.8 Å². The zero-order valence-corrected chi connectivity index (χ0v) is 24.1. The number of nitrogens with zero attached hydrogens (tertiary/aromatic N) is 5. The minimum atomic E-state index is -0.289. The molecule has 0 bridgehead atoms. The van der Waals surface area contributed by atoms with Gasteiger partial charge in [-0.2, -0.15) is 0 Å². The molecule has 2 aliphatic carbocycles. The fourth-order valence-electron chi connectivity index (χ4n) is 7.12. The molecule has 1 saturated heterocycles. The molecular weight excluding hydrogens is 514 g/mol. The lowest BCUT2D eigenvalue weighted by Gasteiger charge is -2.43. The molecule has 1 aromatic carbocycles. The van der Waals surface area contributed by atoms with Gasteiger partial charge in [-0.3, -0.25) is 14.3 Å². The van der Waals surface area contributed by atoms with E-state index in [-0.39, 0.29) is 23.8 Å². The fourth-order valence-corrected chi connectivity index (χ4v) is 7.38. The van der Waals surface area contributed by atoms with E-state index >= 15 is 0 Å². The van der Waals surface area contributed by atoms with Crippen LogP contribution in [0.5, 0.6) is 5.75 Å². The van der Waals surface area contributed by atoms with Crippen LogP contribution >= 0.6 is 11.6 Å². The van der Waals surface area contributed by atoms with Crippen LogP contribution in [0.15, 0.2) is 12.1 Å². The molecular formula is C30H40ClN5O3. The Hall–Kier alpha value is -2.61. The lowest BCUT2D eigenvalue weighted by molar-refractivity contribution is -0.143. The molecule has 2 aromatic rings. The third-order valence-electron chi connectivity index (χ3n) is 9.36. The maximum absolute atomic E-state index is 14.1. The van der Waals surface area contributed by atoms with Crippen LogP contribution in [-0.2, 0) is 29.7 Å². The van der Waals surface area contributed by atoms with Crippen LogP contribution in [0, 0.1) is 17.8 Å². The maximum atomic E-state index is 14.1. The topological polar surface area (TPSA) is 80.6 Å². The molecule has 8 nitrogen and oxygen atoms in total. The first-order chi connectivity index (χ1) is 18.8.